The SMILES string of the molecule is COc1cc(NC(=O)Cc2ncn[nH]2)ccc1N1CCCCC1=O. The molecule has 1 aliphatic heterocycles. The van der Waals surface area contributed by atoms with Crippen LogP contribution in [0.3, 0.4) is 0 Å². The van der Waals surface area contributed by atoms with Crippen molar-refractivity contribution in [3.05, 3.63) is 30.4 Å². The first-order valence-electron chi connectivity index (χ1n) is 7.80. The van der Waals surface area contributed by atoms with Crippen LogP contribution in [-0.2, 0) is 16.0 Å². The highest BCUT2D eigenvalue weighted by molar-refractivity contribution is 5.97. The van der Waals surface area contributed by atoms with Crippen molar-refractivity contribution in [2.75, 3.05) is 23.9 Å². The minimum Gasteiger partial charge on any atom is -0.494 e. The zero-order valence-electron chi connectivity index (χ0n) is 13.4. The average Bonchev–Trinajstić information content (AvgIpc) is 3.08. The van der Waals surface area contributed by atoms with Gasteiger partial charge in [-0.3, -0.25) is 14.7 Å². The van der Waals surface area contributed by atoms with E-state index in [9.17, 15) is 9.59 Å². The highest BCUT2D eigenvalue weighted by Gasteiger charge is 2.22. The van der Waals surface area contributed by atoms with Crippen LogP contribution in [0.5, 0.6) is 5.75 Å². The number of carbonyl (C=O) groups excluding carboxylic acids is 2. The van der Waals surface area contributed by atoms with Crippen LogP contribution in [0.4, 0.5) is 11.4 Å². The molecule has 1 fully saturated rings. The Morgan fingerprint density at radius 1 is 1.42 bits per heavy atom. The van der Waals surface area contributed by atoms with E-state index in [0.29, 0.717) is 30.2 Å². The van der Waals surface area contributed by atoms with Crippen LogP contribution in [0.1, 0.15) is 25.1 Å². The molecule has 0 bridgehead atoms. The molecule has 24 heavy (non-hydrogen) atoms. The first kappa shape index (κ1) is 16.0. The average molecular weight is 329 g/mol. The van der Waals surface area contributed by atoms with Gasteiger partial charge in [0.1, 0.15) is 17.9 Å². The van der Waals surface area contributed by atoms with Crippen molar-refractivity contribution in [3.8, 4) is 5.75 Å². The number of ether oxygens (including phenoxy) is 1. The fraction of sp³-hybridized carbons (Fsp3) is 0.375. The Morgan fingerprint density at radius 2 is 2.29 bits per heavy atom. The van der Waals surface area contributed by atoms with E-state index >= 15 is 0 Å². The predicted octanol–water partition coefficient (Wildman–Crippen LogP) is 1.51. The summed E-state index contributed by atoms with van der Waals surface area (Å²) in [4.78, 5) is 29.8. The number of methoxy groups -OCH3 is 1. The maximum atomic E-state index is 12.1. The number of benzene rings is 1. The molecule has 0 saturated carbocycles. The Hall–Kier alpha value is -2.90. The van der Waals surface area contributed by atoms with Crippen molar-refractivity contribution >= 4 is 23.2 Å². The van der Waals surface area contributed by atoms with Gasteiger partial charge in [0.15, 0.2) is 0 Å². The largest absolute Gasteiger partial charge is 0.494 e. The molecule has 0 unspecified atom stereocenters. The van der Waals surface area contributed by atoms with E-state index in [2.05, 4.69) is 20.5 Å². The lowest BCUT2D eigenvalue weighted by Gasteiger charge is -2.28. The minimum absolute atomic E-state index is 0.0988. The number of aromatic nitrogens is 3. The molecule has 126 valence electrons. The van der Waals surface area contributed by atoms with Gasteiger partial charge in [-0.1, -0.05) is 0 Å². The number of carbonyl (C=O) groups is 2. The smallest absolute Gasteiger partial charge is 0.232 e. The van der Waals surface area contributed by atoms with E-state index in [-0.39, 0.29) is 18.2 Å². The summed E-state index contributed by atoms with van der Waals surface area (Å²) in [5.74, 6) is 0.940. The van der Waals surface area contributed by atoms with Crippen LogP contribution in [0.25, 0.3) is 0 Å². The normalized spacial score (nSPS) is 14.5. The van der Waals surface area contributed by atoms with Gasteiger partial charge in [-0.2, -0.15) is 5.10 Å². The fourth-order valence-corrected chi connectivity index (χ4v) is 2.71. The second-order valence-corrected chi connectivity index (χ2v) is 5.55. The minimum atomic E-state index is -0.212. The molecule has 2 amide bonds. The molecule has 1 aromatic carbocycles. The van der Waals surface area contributed by atoms with Gasteiger partial charge >= 0.3 is 0 Å². The molecule has 2 heterocycles. The van der Waals surface area contributed by atoms with Gasteiger partial charge in [0.25, 0.3) is 0 Å². The van der Waals surface area contributed by atoms with Crippen LogP contribution in [-0.4, -0.2) is 40.7 Å². The van der Waals surface area contributed by atoms with E-state index in [4.69, 9.17) is 4.74 Å². The molecular formula is C16H19N5O3. The molecule has 1 aromatic heterocycles. The summed E-state index contributed by atoms with van der Waals surface area (Å²) in [7, 11) is 1.55. The van der Waals surface area contributed by atoms with Crippen molar-refractivity contribution in [1.82, 2.24) is 15.2 Å². The lowest BCUT2D eigenvalue weighted by Crippen LogP contribution is -2.35. The first-order valence-corrected chi connectivity index (χ1v) is 7.80. The number of rotatable bonds is 5. The van der Waals surface area contributed by atoms with Crippen molar-refractivity contribution < 1.29 is 14.3 Å². The Bertz CT molecular complexity index is 729. The number of nitrogens with one attached hydrogen (secondary N) is 2. The van der Waals surface area contributed by atoms with Crippen LogP contribution in [0.2, 0.25) is 0 Å². The van der Waals surface area contributed by atoms with Crippen molar-refractivity contribution in [2.45, 2.75) is 25.7 Å². The number of aromatic amines is 1. The molecule has 0 radical (unpaired) electrons. The summed E-state index contributed by atoms with van der Waals surface area (Å²) in [5.41, 5.74) is 1.33. The zero-order chi connectivity index (χ0) is 16.9. The quantitative estimate of drug-likeness (QED) is 0.866. The lowest BCUT2D eigenvalue weighted by molar-refractivity contribution is -0.119. The van der Waals surface area contributed by atoms with E-state index in [1.54, 1.807) is 30.2 Å². The summed E-state index contributed by atoms with van der Waals surface area (Å²) in [5, 5.41) is 9.14. The van der Waals surface area contributed by atoms with Crippen LogP contribution in [0.15, 0.2) is 24.5 Å². The number of anilines is 2. The molecule has 0 spiro atoms. The van der Waals surface area contributed by atoms with E-state index < -0.39 is 0 Å². The van der Waals surface area contributed by atoms with E-state index in [1.165, 1.54) is 6.33 Å². The van der Waals surface area contributed by atoms with E-state index in [1.807, 2.05) is 0 Å². The molecule has 8 nitrogen and oxygen atoms in total. The molecule has 0 aliphatic carbocycles. The van der Waals surface area contributed by atoms with Crippen LogP contribution < -0.4 is 15.0 Å². The third kappa shape index (κ3) is 3.53. The fourth-order valence-electron chi connectivity index (χ4n) is 2.71. The van der Waals surface area contributed by atoms with E-state index in [0.717, 1.165) is 18.5 Å². The standard InChI is InChI=1S/C16H19N5O3/c1-24-13-8-11(19-15(22)9-14-17-10-18-20-14)5-6-12(13)21-7-3-2-4-16(21)23/h5-6,8,10H,2-4,7,9H2,1H3,(H,19,22)(H,17,18,20). The number of hydrogen-bond acceptors (Lipinski definition) is 5. The second-order valence-electron chi connectivity index (χ2n) is 5.55. The second kappa shape index (κ2) is 7.12. The number of nitrogens with zero attached hydrogens (tertiary/aromatic N) is 3. The third-order valence-corrected chi connectivity index (χ3v) is 3.87. The molecular weight excluding hydrogens is 310 g/mol. The molecule has 2 aromatic rings. The summed E-state index contributed by atoms with van der Waals surface area (Å²) >= 11 is 0. The maximum Gasteiger partial charge on any atom is 0.232 e. The third-order valence-electron chi connectivity index (χ3n) is 3.87. The van der Waals surface area contributed by atoms with Gasteiger partial charge in [0.2, 0.25) is 11.8 Å². The van der Waals surface area contributed by atoms with Crippen molar-refractivity contribution in [2.24, 2.45) is 0 Å². The Labute approximate surface area is 139 Å². The van der Waals surface area contributed by atoms with Gasteiger partial charge < -0.3 is 15.0 Å². The molecule has 8 heteroatoms. The van der Waals surface area contributed by atoms with Gasteiger partial charge in [0.05, 0.1) is 19.2 Å². The van der Waals surface area contributed by atoms with Gasteiger partial charge in [-0.05, 0) is 25.0 Å². The highest BCUT2D eigenvalue weighted by atomic mass is 16.5. The van der Waals surface area contributed by atoms with Crippen LogP contribution >= 0.6 is 0 Å². The first-order chi connectivity index (χ1) is 11.7. The number of hydrogen-bond donors (Lipinski definition) is 2. The molecule has 3 rings (SSSR count). The highest BCUT2D eigenvalue weighted by Crippen LogP contribution is 2.33. The topological polar surface area (TPSA) is 100 Å². The number of piperidine rings is 1. The van der Waals surface area contributed by atoms with Gasteiger partial charge in [-0.25, -0.2) is 4.98 Å². The van der Waals surface area contributed by atoms with Gasteiger partial charge in [-0.15, -0.1) is 0 Å². The summed E-state index contributed by atoms with van der Waals surface area (Å²) < 4.78 is 5.40. The molecule has 2 N–H and O–H groups in total. The number of H-pyrrole nitrogens is 1. The summed E-state index contributed by atoms with van der Waals surface area (Å²) in [6.45, 7) is 0.687. The zero-order valence-corrected chi connectivity index (χ0v) is 13.4. The molecule has 1 aliphatic rings. The van der Waals surface area contributed by atoms with Crippen LogP contribution in [0, 0.1) is 0 Å². The molecule has 0 atom stereocenters. The Morgan fingerprint density at radius 3 is 3.00 bits per heavy atom. The monoisotopic (exact) mass is 329 g/mol. The predicted molar refractivity (Wildman–Crippen MR) is 87.9 cm³/mol. The maximum absolute atomic E-state index is 12.1. The Kier molecular flexibility index (Phi) is 4.74. The van der Waals surface area contributed by atoms with Crippen molar-refractivity contribution in [1.29, 1.82) is 0 Å². The number of amides is 2. The van der Waals surface area contributed by atoms with Gasteiger partial charge in [0, 0.05) is 24.7 Å². The Balaban J connectivity index is 1.73. The summed E-state index contributed by atoms with van der Waals surface area (Å²) in [6.07, 6.45) is 3.92. The summed E-state index contributed by atoms with van der Waals surface area (Å²) in [6, 6.07) is 5.28. The molecule has 1 saturated heterocycles. The lowest BCUT2D eigenvalue weighted by atomic mass is 10.1. The van der Waals surface area contributed by atoms with Crippen molar-refractivity contribution in [3.63, 3.8) is 0 Å².